The fourth-order valence-electron chi connectivity index (χ4n) is 1.88. The lowest BCUT2D eigenvalue weighted by Gasteiger charge is -2.34. The first kappa shape index (κ1) is 14.4. The van der Waals surface area contributed by atoms with Gasteiger partial charge < -0.3 is 10.6 Å². The Morgan fingerprint density at radius 3 is 2.27 bits per heavy atom. The Kier molecular flexibility index (Phi) is 7.39. The van der Waals surface area contributed by atoms with Crippen molar-refractivity contribution in [2.45, 2.75) is 53.0 Å². The summed E-state index contributed by atoms with van der Waals surface area (Å²) in [5.41, 5.74) is 5.26. The summed E-state index contributed by atoms with van der Waals surface area (Å²) >= 11 is 0. The molecule has 0 spiro atoms. The molecule has 1 fully saturated rings. The molecule has 0 aromatic heterocycles. The molecule has 1 atom stereocenters. The third-order valence-corrected chi connectivity index (χ3v) is 3.15. The molecule has 1 unspecified atom stereocenters. The van der Waals surface area contributed by atoms with E-state index in [0.29, 0.717) is 6.04 Å². The van der Waals surface area contributed by atoms with Crippen molar-refractivity contribution in [2.24, 2.45) is 11.7 Å². The van der Waals surface area contributed by atoms with Gasteiger partial charge in [-0.05, 0) is 39.3 Å². The topological polar surface area (TPSA) is 46.3 Å². The molecule has 0 bridgehead atoms. The van der Waals surface area contributed by atoms with Gasteiger partial charge in [0.15, 0.2) is 0 Å². The van der Waals surface area contributed by atoms with E-state index in [1.807, 2.05) is 13.8 Å². The second kappa shape index (κ2) is 7.69. The predicted molar refractivity (Wildman–Crippen MR) is 66.7 cm³/mol. The highest BCUT2D eigenvalue weighted by Gasteiger charge is 2.24. The molecule has 1 aliphatic rings. The molecule has 3 heteroatoms. The molecular weight excluding hydrogens is 188 g/mol. The first-order valence-corrected chi connectivity index (χ1v) is 6.18. The van der Waals surface area contributed by atoms with Gasteiger partial charge >= 0.3 is 0 Å². The van der Waals surface area contributed by atoms with E-state index in [2.05, 4.69) is 18.7 Å². The lowest BCUT2D eigenvalue weighted by atomic mass is 9.95. The van der Waals surface area contributed by atoms with Gasteiger partial charge in [0, 0.05) is 13.4 Å². The van der Waals surface area contributed by atoms with Crippen molar-refractivity contribution in [3.8, 4) is 0 Å². The average molecular weight is 216 g/mol. The molecule has 0 radical (unpaired) electrons. The van der Waals surface area contributed by atoms with Crippen LogP contribution in [0.5, 0.6) is 0 Å². The molecule has 1 heterocycles. The van der Waals surface area contributed by atoms with E-state index >= 15 is 0 Å². The number of amides is 1. The Hall–Kier alpha value is -0.570. The van der Waals surface area contributed by atoms with Gasteiger partial charge in [-0.1, -0.05) is 20.8 Å². The zero-order valence-electron chi connectivity index (χ0n) is 10.6. The van der Waals surface area contributed by atoms with Gasteiger partial charge in [-0.15, -0.1) is 0 Å². The van der Waals surface area contributed by atoms with E-state index < -0.39 is 0 Å². The van der Waals surface area contributed by atoms with Gasteiger partial charge in [0.1, 0.15) is 0 Å². The standard InChI is InChI=1S/C10H20N2O.C2H6.H2/c1-3-8(2)12-6-4-9(5-7-12)10(11)13;1-2;/h8-9H,3-7H2,1-2H3,(H2,11,13);1-2H3;1H. The van der Waals surface area contributed by atoms with Gasteiger partial charge in [-0.3, -0.25) is 4.79 Å². The van der Waals surface area contributed by atoms with Crippen molar-refractivity contribution in [3.63, 3.8) is 0 Å². The summed E-state index contributed by atoms with van der Waals surface area (Å²) < 4.78 is 0. The molecule has 0 saturated carbocycles. The molecular formula is C12H28N2O. The molecule has 0 aromatic carbocycles. The lowest BCUT2D eigenvalue weighted by Crippen LogP contribution is -2.42. The predicted octanol–water partition coefficient (Wildman–Crippen LogP) is 2.25. The minimum Gasteiger partial charge on any atom is -0.369 e. The van der Waals surface area contributed by atoms with E-state index in [9.17, 15) is 4.79 Å². The van der Waals surface area contributed by atoms with E-state index in [4.69, 9.17) is 5.73 Å². The zero-order chi connectivity index (χ0) is 11.8. The summed E-state index contributed by atoms with van der Waals surface area (Å²) in [6.07, 6.45) is 3.07. The minimum absolute atomic E-state index is 0. The van der Waals surface area contributed by atoms with Crippen LogP contribution in [0.2, 0.25) is 0 Å². The molecule has 1 aliphatic heterocycles. The normalized spacial score (nSPS) is 20.3. The lowest BCUT2D eigenvalue weighted by molar-refractivity contribution is -0.123. The Labute approximate surface area is 95.5 Å². The summed E-state index contributed by atoms with van der Waals surface area (Å²) in [6.45, 7) is 10.5. The minimum atomic E-state index is -0.121. The van der Waals surface area contributed by atoms with Crippen LogP contribution in [0, 0.1) is 5.92 Å². The quantitative estimate of drug-likeness (QED) is 0.786. The zero-order valence-corrected chi connectivity index (χ0v) is 10.6. The van der Waals surface area contributed by atoms with Crippen molar-refractivity contribution in [1.82, 2.24) is 4.90 Å². The summed E-state index contributed by atoms with van der Waals surface area (Å²) in [6, 6.07) is 0.647. The van der Waals surface area contributed by atoms with Crippen LogP contribution < -0.4 is 5.73 Å². The fourth-order valence-corrected chi connectivity index (χ4v) is 1.88. The molecule has 1 rings (SSSR count). The number of nitrogens with two attached hydrogens (primary N) is 1. The van der Waals surface area contributed by atoms with Crippen LogP contribution in [-0.2, 0) is 4.79 Å². The Morgan fingerprint density at radius 2 is 1.93 bits per heavy atom. The maximum atomic E-state index is 10.9. The maximum Gasteiger partial charge on any atom is 0.220 e. The highest BCUT2D eigenvalue weighted by molar-refractivity contribution is 5.76. The van der Waals surface area contributed by atoms with Crippen LogP contribution in [-0.4, -0.2) is 29.9 Å². The molecule has 92 valence electrons. The van der Waals surface area contributed by atoms with Crippen molar-refractivity contribution in [1.29, 1.82) is 0 Å². The molecule has 3 nitrogen and oxygen atoms in total. The molecule has 2 N–H and O–H groups in total. The van der Waals surface area contributed by atoms with Gasteiger partial charge in [-0.25, -0.2) is 0 Å². The van der Waals surface area contributed by atoms with E-state index in [1.54, 1.807) is 0 Å². The number of primary amides is 1. The Bertz CT molecular complexity index is 180. The summed E-state index contributed by atoms with van der Waals surface area (Å²) in [5.74, 6) is 0.00380. The second-order valence-electron chi connectivity index (χ2n) is 3.97. The van der Waals surface area contributed by atoms with E-state index in [0.717, 1.165) is 25.9 Å². The van der Waals surface area contributed by atoms with Crippen LogP contribution in [0.4, 0.5) is 0 Å². The van der Waals surface area contributed by atoms with Crippen LogP contribution in [0.1, 0.15) is 48.4 Å². The number of carbonyl (C=O) groups is 1. The van der Waals surface area contributed by atoms with Gasteiger partial charge in [-0.2, -0.15) is 0 Å². The number of piperidine rings is 1. The summed E-state index contributed by atoms with van der Waals surface area (Å²) in [7, 11) is 0. The smallest absolute Gasteiger partial charge is 0.220 e. The molecule has 1 amide bonds. The molecule has 0 aliphatic carbocycles. The molecule has 15 heavy (non-hydrogen) atoms. The van der Waals surface area contributed by atoms with Crippen LogP contribution >= 0.6 is 0 Å². The van der Waals surface area contributed by atoms with Crippen LogP contribution in [0.3, 0.4) is 0 Å². The first-order valence-electron chi connectivity index (χ1n) is 6.18. The number of likely N-dealkylation sites (tertiary alicyclic amines) is 1. The Morgan fingerprint density at radius 1 is 1.47 bits per heavy atom. The Balaban J connectivity index is 0. The van der Waals surface area contributed by atoms with Crippen molar-refractivity contribution in [3.05, 3.63) is 0 Å². The second-order valence-corrected chi connectivity index (χ2v) is 3.97. The molecule has 1 saturated heterocycles. The van der Waals surface area contributed by atoms with E-state index in [1.165, 1.54) is 6.42 Å². The monoisotopic (exact) mass is 216 g/mol. The highest BCUT2D eigenvalue weighted by atomic mass is 16.1. The number of nitrogens with zero attached hydrogens (tertiary/aromatic N) is 1. The highest BCUT2D eigenvalue weighted by Crippen LogP contribution is 2.19. The third-order valence-electron chi connectivity index (χ3n) is 3.15. The van der Waals surface area contributed by atoms with Crippen molar-refractivity contribution in [2.75, 3.05) is 13.1 Å². The van der Waals surface area contributed by atoms with Crippen molar-refractivity contribution < 1.29 is 6.22 Å². The molecule has 0 aromatic rings. The van der Waals surface area contributed by atoms with Crippen LogP contribution in [0.25, 0.3) is 0 Å². The maximum absolute atomic E-state index is 10.9. The van der Waals surface area contributed by atoms with Gasteiger partial charge in [0.2, 0.25) is 5.91 Å². The average Bonchev–Trinajstić information content (AvgIpc) is 2.31. The van der Waals surface area contributed by atoms with Crippen LogP contribution in [0.15, 0.2) is 0 Å². The number of hydrogen-bond donors (Lipinski definition) is 1. The summed E-state index contributed by atoms with van der Waals surface area (Å²) in [4.78, 5) is 13.3. The van der Waals surface area contributed by atoms with Gasteiger partial charge in [0.05, 0.1) is 0 Å². The SMILES string of the molecule is CC.CCC(C)N1CCC(C(N)=O)CC1.[HH]. The third kappa shape index (κ3) is 4.65. The van der Waals surface area contributed by atoms with Crippen molar-refractivity contribution >= 4 is 5.91 Å². The number of rotatable bonds is 3. The van der Waals surface area contributed by atoms with Gasteiger partial charge in [0.25, 0.3) is 0 Å². The number of hydrogen-bond acceptors (Lipinski definition) is 2. The first-order chi connectivity index (χ1) is 7.15. The largest absolute Gasteiger partial charge is 0.369 e. The fraction of sp³-hybridized carbons (Fsp3) is 0.917. The number of carbonyl (C=O) groups excluding carboxylic acids is 1. The van der Waals surface area contributed by atoms with E-state index in [-0.39, 0.29) is 13.3 Å². The summed E-state index contributed by atoms with van der Waals surface area (Å²) in [5, 5.41) is 0.